The minimum absolute atomic E-state index is 0.260. The molecule has 1 aliphatic heterocycles. The van der Waals surface area contributed by atoms with E-state index in [9.17, 15) is 38.2 Å². The average molecular weight is 1090 g/mol. The van der Waals surface area contributed by atoms with Crippen LogP contribution in [0.4, 0.5) is 0 Å². The normalized spacial score (nSPS) is 19.2. The molecule has 1 fully saturated rings. The van der Waals surface area contributed by atoms with Crippen molar-refractivity contribution in [2.45, 2.75) is 352 Å². The zero-order valence-electron chi connectivity index (χ0n) is 48.4. The van der Waals surface area contributed by atoms with Crippen molar-refractivity contribution in [3.63, 3.8) is 0 Å². The standard InChI is InChI=1S/C62H119NO11S/c1-3-5-7-9-11-13-14-15-16-17-18-19-20-21-22-23-24-25-26-27-28-29-30-31-32-33-34-35-36-37-38-39-40-41-42-44-46-48-50-52-58(66)63-55(56(65)51-49-47-45-43-12-10-8-6-4-2)54-72-62-60(68)61(74-75(69,70)71)59(67)57(53-64)73-62/h27-28,49,51,55-57,59-62,64-65,67-68H,3-26,29-48,50,52-54H2,1-2H3,(H,63,66)(H,69,70,71)/b28-27-,51-49+. The molecule has 0 aromatic rings. The monoisotopic (exact) mass is 1090 g/mol. The van der Waals surface area contributed by atoms with E-state index in [1.165, 1.54) is 238 Å². The van der Waals surface area contributed by atoms with Crippen molar-refractivity contribution >= 4 is 16.3 Å². The summed E-state index contributed by atoms with van der Waals surface area (Å²) in [5.41, 5.74) is 0. The summed E-state index contributed by atoms with van der Waals surface area (Å²) in [6.45, 7) is 3.38. The second kappa shape index (κ2) is 52.0. The maximum atomic E-state index is 13.1. The van der Waals surface area contributed by atoms with E-state index in [-0.39, 0.29) is 18.9 Å². The molecule has 1 amide bonds. The number of carbonyl (C=O) groups excluding carboxylic acids is 1. The number of hydrogen-bond donors (Lipinski definition) is 6. The average Bonchev–Trinajstić information content (AvgIpc) is 3.39. The van der Waals surface area contributed by atoms with Gasteiger partial charge in [-0.25, -0.2) is 4.18 Å². The molecular weight excluding hydrogens is 967 g/mol. The molecule has 0 aromatic heterocycles. The van der Waals surface area contributed by atoms with Gasteiger partial charge in [0.2, 0.25) is 5.91 Å². The first-order valence-electron chi connectivity index (χ1n) is 31.7. The van der Waals surface area contributed by atoms with Gasteiger partial charge in [-0.2, -0.15) is 8.42 Å². The Morgan fingerprint density at radius 1 is 0.520 bits per heavy atom. The molecule has 444 valence electrons. The van der Waals surface area contributed by atoms with Crippen LogP contribution in [0.5, 0.6) is 0 Å². The number of carbonyl (C=O) groups is 1. The first-order valence-corrected chi connectivity index (χ1v) is 33.1. The van der Waals surface area contributed by atoms with Gasteiger partial charge in [0.05, 0.1) is 25.4 Å². The van der Waals surface area contributed by atoms with Crippen molar-refractivity contribution in [1.82, 2.24) is 5.32 Å². The van der Waals surface area contributed by atoms with Crippen LogP contribution in [0.15, 0.2) is 24.3 Å². The minimum atomic E-state index is -5.08. The number of aliphatic hydroxyl groups is 4. The smallest absolute Gasteiger partial charge is 0.394 e. The summed E-state index contributed by atoms with van der Waals surface area (Å²) in [6.07, 6.45) is 57.3. The molecule has 7 atom stereocenters. The summed E-state index contributed by atoms with van der Waals surface area (Å²) in [7, 11) is -5.08. The summed E-state index contributed by atoms with van der Waals surface area (Å²) in [5.74, 6) is -0.260. The number of hydrogen-bond acceptors (Lipinski definition) is 10. The van der Waals surface area contributed by atoms with Crippen molar-refractivity contribution in [2.75, 3.05) is 13.2 Å². The highest BCUT2D eigenvalue weighted by atomic mass is 32.3. The van der Waals surface area contributed by atoms with Crippen LogP contribution in [0.3, 0.4) is 0 Å². The number of allylic oxidation sites excluding steroid dienone is 3. The lowest BCUT2D eigenvalue weighted by Crippen LogP contribution is -2.61. The Hall–Kier alpha value is -1.42. The molecule has 1 saturated heterocycles. The third-order valence-electron chi connectivity index (χ3n) is 15.2. The lowest BCUT2D eigenvalue weighted by molar-refractivity contribution is -0.298. The van der Waals surface area contributed by atoms with Crippen molar-refractivity contribution in [2.24, 2.45) is 0 Å². The molecule has 6 N–H and O–H groups in total. The largest absolute Gasteiger partial charge is 0.397 e. The molecule has 0 aliphatic carbocycles. The number of nitrogens with one attached hydrogen (secondary N) is 1. The maximum absolute atomic E-state index is 13.1. The molecule has 7 unspecified atom stereocenters. The predicted molar refractivity (Wildman–Crippen MR) is 310 cm³/mol. The molecule has 1 heterocycles. The van der Waals surface area contributed by atoms with Gasteiger partial charge in [0.25, 0.3) is 0 Å². The fraction of sp³-hybridized carbons (Fsp3) is 0.919. The Bertz CT molecular complexity index is 1420. The highest BCUT2D eigenvalue weighted by molar-refractivity contribution is 7.80. The summed E-state index contributed by atoms with van der Waals surface area (Å²) < 4.78 is 47.7. The molecule has 75 heavy (non-hydrogen) atoms. The number of amides is 1. The molecule has 0 radical (unpaired) electrons. The van der Waals surface area contributed by atoms with Gasteiger partial charge >= 0.3 is 10.4 Å². The van der Waals surface area contributed by atoms with Crippen LogP contribution in [0.25, 0.3) is 0 Å². The van der Waals surface area contributed by atoms with Gasteiger partial charge in [0, 0.05) is 6.42 Å². The number of rotatable bonds is 56. The van der Waals surface area contributed by atoms with Crippen molar-refractivity contribution < 1.29 is 51.8 Å². The summed E-state index contributed by atoms with van der Waals surface area (Å²) in [4.78, 5) is 13.1. The van der Waals surface area contributed by atoms with E-state index in [2.05, 4.69) is 35.5 Å². The van der Waals surface area contributed by atoms with Crippen LogP contribution in [-0.2, 0) is 28.9 Å². The van der Waals surface area contributed by atoms with Crippen LogP contribution >= 0.6 is 0 Å². The third kappa shape index (κ3) is 44.1. The first-order chi connectivity index (χ1) is 36.5. The van der Waals surface area contributed by atoms with Crippen molar-refractivity contribution in [3.8, 4) is 0 Å². The fourth-order valence-electron chi connectivity index (χ4n) is 10.3. The van der Waals surface area contributed by atoms with Crippen LogP contribution in [-0.4, -0.2) is 95.4 Å². The van der Waals surface area contributed by atoms with Gasteiger partial charge < -0.3 is 35.2 Å². The van der Waals surface area contributed by atoms with Crippen molar-refractivity contribution in [3.05, 3.63) is 24.3 Å². The molecule has 12 nitrogen and oxygen atoms in total. The van der Waals surface area contributed by atoms with Crippen LogP contribution < -0.4 is 5.32 Å². The van der Waals surface area contributed by atoms with E-state index in [1.54, 1.807) is 6.08 Å². The summed E-state index contributed by atoms with van der Waals surface area (Å²) in [5, 5.41) is 44.7. The van der Waals surface area contributed by atoms with E-state index < -0.39 is 59.9 Å². The van der Waals surface area contributed by atoms with E-state index in [1.807, 2.05) is 6.08 Å². The zero-order chi connectivity index (χ0) is 54.7. The van der Waals surface area contributed by atoms with E-state index >= 15 is 0 Å². The Labute approximate surface area is 461 Å². The van der Waals surface area contributed by atoms with Gasteiger partial charge in [-0.15, -0.1) is 0 Å². The zero-order valence-corrected chi connectivity index (χ0v) is 49.2. The highest BCUT2D eigenvalue weighted by Gasteiger charge is 2.48. The Balaban J connectivity index is 2.08. The molecule has 0 bridgehead atoms. The second-order valence-corrected chi connectivity index (χ2v) is 23.4. The molecule has 13 heteroatoms. The Kier molecular flexibility index (Phi) is 49.6. The van der Waals surface area contributed by atoms with E-state index in [0.717, 1.165) is 44.9 Å². The van der Waals surface area contributed by atoms with Crippen LogP contribution in [0.2, 0.25) is 0 Å². The first kappa shape index (κ1) is 71.6. The van der Waals surface area contributed by atoms with E-state index in [4.69, 9.17) is 9.47 Å². The van der Waals surface area contributed by atoms with Gasteiger partial charge in [0.1, 0.15) is 24.4 Å². The van der Waals surface area contributed by atoms with E-state index in [0.29, 0.717) is 6.42 Å². The van der Waals surface area contributed by atoms with Gasteiger partial charge in [-0.05, 0) is 44.9 Å². The minimum Gasteiger partial charge on any atom is -0.394 e. The lowest BCUT2D eigenvalue weighted by Gasteiger charge is -2.41. The molecular formula is C62H119NO11S. The maximum Gasteiger partial charge on any atom is 0.397 e. The molecule has 1 aliphatic rings. The molecule has 0 spiro atoms. The van der Waals surface area contributed by atoms with Gasteiger partial charge in [-0.1, -0.05) is 282 Å². The highest BCUT2D eigenvalue weighted by Crippen LogP contribution is 2.26. The third-order valence-corrected chi connectivity index (χ3v) is 15.7. The molecule has 0 saturated carbocycles. The number of aliphatic hydroxyl groups excluding tert-OH is 4. The molecule has 0 aromatic carbocycles. The van der Waals surface area contributed by atoms with Gasteiger partial charge in [0.15, 0.2) is 6.29 Å². The number of ether oxygens (including phenoxy) is 2. The Morgan fingerprint density at radius 2 is 0.853 bits per heavy atom. The quantitative estimate of drug-likeness (QED) is 0.0193. The Morgan fingerprint density at radius 3 is 1.20 bits per heavy atom. The van der Waals surface area contributed by atoms with Gasteiger partial charge in [-0.3, -0.25) is 9.35 Å². The van der Waals surface area contributed by atoms with Crippen LogP contribution in [0, 0.1) is 0 Å². The molecule has 1 rings (SSSR count). The summed E-state index contributed by atoms with van der Waals surface area (Å²) >= 11 is 0. The SMILES string of the molecule is CCCCCCCCC/C=C/C(O)C(COC1OC(CO)C(O)C(OS(=O)(=O)O)C1O)NC(=O)CCCCCCCCCCCCCCCCCCC/C=C\CCCCCCCCCCCCCCCCCCCC. The predicted octanol–water partition coefficient (Wildman–Crippen LogP) is 15.6. The second-order valence-electron chi connectivity index (χ2n) is 22.4. The number of unbranched alkanes of at least 4 members (excludes halogenated alkanes) is 42. The van der Waals surface area contributed by atoms with Crippen molar-refractivity contribution in [1.29, 1.82) is 0 Å². The summed E-state index contributed by atoms with van der Waals surface area (Å²) in [6, 6.07) is -0.940. The topological polar surface area (TPSA) is 192 Å². The fourth-order valence-corrected chi connectivity index (χ4v) is 10.8. The van der Waals surface area contributed by atoms with Crippen LogP contribution in [0.1, 0.15) is 309 Å². The lowest BCUT2D eigenvalue weighted by atomic mass is 9.99.